The molecule has 3 aromatic heterocycles. The average Bonchev–Trinajstić information content (AvgIpc) is 3.88. The predicted octanol–water partition coefficient (Wildman–Crippen LogP) is 13.7. The largest absolute Gasteiger partial charge is 0.455 e. The summed E-state index contributed by atoms with van der Waals surface area (Å²) in [4.78, 5) is 15.5. The summed E-state index contributed by atoms with van der Waals surface area (Å²) >= 11 is 0. The second-order valence-electron chi connectivity index (χ2n) is 15.0. The minimum Gasteiger partial charge on any atom is -0.455 e. The van der Waals surface area contributed by atoms with Crippen molar-refractivity contribution in [1.82, 2.24) is 15.0 Å². The fourth-order valence-corrected chi connectivity index (χ4v) is 9.12. The van der Waals surface area contributed by atoms with E-state index in [2.05, 4.69) is 127 Å². The Bertz CT molecular complexity index is 3410. The van der Waals surface area contributed by atoms with E-state index in [0.717, 1.165) is 77.3 Å². The molecule has 2 unspecified atom stereocenters. The van der Waals surface area contributed by atoms with Crippen LogP contribution >= 0.6 is 0 Å². The molecule has 0 N–H and O–H groups in total. The summed E-state index contributed by atoms with van der Waals surface area (Å²) in [5, 5.41) is 6.77. The smallest absolute Gasteiger partial charge is 0.167 e. The van der Waals surface area contributed by atoms with E-state index in [1.54, 1.807) is 0 Å². The van der Waals surface area contributed by atoms with Gasteiger partial charge in [-0.05, 0) is 45.7 Å². The van der Waals surface area contributed by atoms with Gasteiger partial charge in [0.05, 0.1) is 5.56 Å². The van der Waals surface area contributed by atoms with Crippen molar-refractivity contribution in [2.75, 3.05) is 0 Å². The minimum atomic E-state index is 0.0317. The molecule has 12 rings (SSSR count). The second-order valence-corrected chi connectivity index (χ2v) is 15.0. The van der Waals surface area contributed by atoms with Crippen molar-refractivity contribution in [3.8, 4) is 33.9 Å². The van der Waals surface area contributed by atoms with Crippen LogP contribution in [0.15, 0.2) is 203 Å². The fraction of sp³-hybridized carbons (Fsp3) is 0.0377. The Labute approximate surface area is 333 Å². The van der Waals surface area contributed by atoms with Crippen LogP contribution in [0.5, 0.6) is 0 Å². The first-order valence-corrected chi connectivity index (χ1v) is 19.7. The molecule has 0 bridgehead atoms. The highest BCUT2D eigenvalue weighted by molar-refractivity contribution is 6.14. The monoisotopic (exact) mass is 743 g/mol. The van der Waals surface area contributed by atoms with Gasteiger partial charge in [-0.3, -0.25) is 0 Å². The Morgan fingerprint density at radius 3 is 1.98 bits per heavy atom. The van der Waals surface area contributed by atoms with Crippen LogP contribution in [0.2, 0.25) is 0 Å². The first kappa shape index (κ1) is 32.6. The Balaban J connectivity index is 1.04. The number of hydrogen-bond acceptors (Lipinski definition) is 5. The molecule has 2 aliphatic rings. The van der Waals surface area contributed by atoms with Crippen molar-refractivity contribution in [1.29, 1.82) is 0 Å². The predicted molar refractivity (Wildman–Crippen MR) is 235 cm³/mol. The van der Waals surface area contributed by atoms with Gasteiger partial charge in [0, 0.05) is 50.1 Å². The van der Waals surface area contributed by atoms with Gasteiger partial charge in [-0.15, -0.1) is 0 Å². The number of para-hydroxylation sites is 3. The van der Waals surface area contributed by atoms with Gasteiger partial charge in [0.1, 0.15) is 22.3 Å². The maximum Gasteiger partial charge on any atom is 0.167 e. The molecule has 0 fully saturated rings. The molecule has 2 aliphatic carbocycles. The molecule has 272 valence electrons. The van der Waals surface area contributed by atoms with E-state index in [-0.39, 0.29) is 11.8 Å². The molecule has 0 saturated carbocycles. The van der Waals surface area contributed by atoms with E-state index < -0.39 is 0 Å². The molecule has 5 heteroatoms. The van der Waals surface area contributed by atoms with Gasteiger partial charge in [0.2, 0.25) is 0 Å². The first-order valence-electron chi connectivity index (χ1n) is 19.7. The van der Waals surface area contributed by atoms with Gasteiger partial charge in [0.15, 0.2) is 17.5 Å². The highest BCUT2D eigenvalue weighted by atomic mass is 16.3. The van der Waals surface area contributed by atoms with Crippen LogP contribution in [0, 0.1) is 5.92 Å². The highest BCUT2D eigenvalue weighted by Crippen LogP contribution is 2.48. The van der Waals surface area contributed by atoms with Crippen LogP contribution in [-0.2, 0) is 0 Å². The van der Waals surface area contributed by atoms with Crippen LogP contribution in [-0.4, -0.2) is 15.0 Å². The van der Waals surface area contributed by atoms with Crippen molar-refractivity contribution >= 4 is 60.2 Å². The fourth-order valence-electron chi connectivity index (χ4n) is 9.12. The number of benzene rings is 7. The summed E-state index contributed by atoms with van der Waals surface area (Å²) in [6.07, 6.45) is 13.3. The number of aromatic nitrogens is 3. The molecular weight excluding hydrogens is 711 g/mol. The Morgan fingerprint density at radius 1 is 0.414 bits per heavy atom. The molecule has 0 amide bonds. The third-order valence-electron chi connectivity index (χ3n) is 11.8. The SMILES string of the molecule is C1=CC2=C(c3nc(-c4ccccc4)nc(-c4cccc5c4oc4ccccc45)n3)C=CC(c3ccc(-c4cccc5ccccc45)c4oc5ccccc5c34)C2C=C1. The average molecular weight is 744 g/mol. The molecule has 0 radical (unpaired) electrons. The molecule has 10 aromatic rings. The molecule has 5 nitrogen and oxygen atoms in total. The van der Waals surface area contributed by atoms with Gasteiger partial charge in [0.25, 0.3) is 0 Å². The summed E-state index contributed by atoms with van der Waals surface area (Å²) < 4.78 is 13.3. The van der Waals surface area contributed by atoms with E-state index in [0.29, 0.717) is 17.5 Å². The van der Waals surface area contributed by atoms with Crippen LogP contribution in [0.3, 0.4) is 0 Å². The van der Waals surface area contributed by atoms with E-state index >= 15 is 0 Å². The normalized spacial score (nSPS) is 16.3. The molecule has 0 spiro atoms. The van der Waals surface area contributed by atoms with E-state index in [1.807, 2.05) is 60.7 Å². The zero-order valence-corrected chi connectivity index (χ0v) is 31.2. The van der Waals surface area contributed by atoms with Gasteiger partial charge >= 0.3 is 0 Å². The summed E-state index contributed by atoms with van der Waals surface area (Å²) in [6.45, 7) is 0. The summed E-state index contributed by atoms with van der Waals surface area (Å²) in [5.41, 5.74) is 10.7. The zero-order chi connectivity index (χ0) is 38.2. The summed E-state index contributed by atoms with van der Waals surface area (Å²) in [5.74, 6) is 1.87. The lowest BCUT2D eigenvalue weighted by Crippen LogP contribution is -2.18. The Kier molecular flexibility index (Phi) is 7.29. The van der Waals surface area contributed by atoms with Crippen molar-refractivity contribution < 1.29 is 8.83 Å². The lowest BCUT2D eigenvalue weighted by atomic mass is 9.73. The van der Waals surface area contributed by atoms with Gasteiger partial charge in [-0.1, -0.05) is 170 Å². The van der Waals surface area contributed by atoms with Crippen molar-refractivity contribution in [3.05, 3.63) is 205 Å². The molecule has 0 saturated heterocycles. The second kappa shape index (κ2) is 13.0. The van der Waals surface area contributed by atoms with E-state index in [1.165, 1.54) is 16.3 Å². The molecule has 2 atom stereocenters. The van der Waals surface area contributed by atoms with Crippen molar-refractivity contribution in [2.24, 2.45) is 5.92 Å². The van der Waals surface area contributed by atoms with Crippen LogP contribution in [0.25, 0.3) is 94.1 Å². The number of allylic oxidation sites excluding steroid dienone is 8. The lowest BCUT2D eigenvalue weighted by Gasteiger charge is -2.31. The van der Waals surface area contributed by atoms with Crippen LogP contribution in [0.1, 0.15) is 17.3 Å². The van der Waals surface area contributed by atoms with E-state index in [9.17, 15) is 0 Å². The van der Waals surface area contributed by atoms with Crippen molar-refractivity contribution in [3.63, 3.8) is 0 Å². The van der Waals surface area contributed by atoms with Crippen LogP contribution in [0.4, 0.5) is 0 Å². The third-order valence-corrected chi connectivity index (χ3v) is 11.8. The maximum absolute atomic E-state index is 6.80. The van der Waals surface area contributed by atoms with Crippen LogP contribution < -0.4 is 0 Å². The number of furan rings is 2. The number of hydrogen-bond donors (Lipinski definition) is 0. The van der Waals surface area contributed by atoms with Crippen molar-refractivity contribution in [2.45, 2.75) is 5.92 Å². The lowest BCUT2D eigenvalue weighted by molar-refractivity contribution is 0.663. The topological polar surface area (TPSA) is 65.0 Å². The Morgan fingerprint density at radius 2 is 1.09 bits per heavy atom. The third kappa shape index (κ3) is 5.07. The quantitative estimate of drug-likeness (QED) is 0.176. The zero-order valence-electron chi connectivity index (χ0n) is 31.2. The van der Waals surface area contributed by atoms with Gasteiger partial charge < -0.3 is 8.83 Å². The van der Waals surface area contributed by atoms with Gasteiger partial charge in [-0.2, -0.15) is 0 Å². The summed E-state index contributed by atoms with van der Waals surface area (Å²) in [7, 11) is 0. The number of nitrogens with zero attached hydrogens (tertiary/aromatic N) is 3. The Hall–Kier alpha value is -7.63. The molecule has 3 heterocycles. The standard InChI is InChI=1S/C53H33N3O2/c1-2-15-33(16-3-1)51-54-52(56-53(55-51)45-25-13-24-41-39-21-8-10-26-46(39)57-49(41)45)43-31-28-38(36-19-6-7-20-37(36)43)40-29-30-42(35-23-12-17-32-14-4-5-18-34(32)35)50-48(40)44-22-9-11-27-47(44)58-50/h1-31,36,38H. The number of rotatable bonds is 5. The molecule has 7 aromatic carbocycles. The maximum atomic E-state index is 6.80. The molecule has 58 heavy (non-hydrogen) atoms. The minimum absolute atomic E-state index is 0.0317. The van der Waals surface area contributed by atoms with E-state index in [4.69, 9.17) is 23.8 Å². The van der Waals surface area contributed by atoms with Gasteiger partial charge in [-0.25, -0.2) is 15.0 Å². The number of fused-ring (bicyclic) bond motifs is 8. The molecule has 0 aliphatic heterocycles. The highest BCUT2D eigenvalue weighted by Gasteiger charge is 2.32. The summed E-state index contributed by atoms with van der Waals surface area (Å²) in [6, 6.07) is 52.5. The molecular formula is C53H33N3O2. The first-order chi connectivity index (χ1) is 28.8.